The van der Waals surface area contributed by atoms with Crippen LogP contribution in [0.3, 0.4) is 0 Å². The lowest BCUT2D eigenvalue weighted by molar-refractivity contribution is 0.509. The Morgan fingerprint density at radius 2 is 2.04 bits per heavy atom. The van der Waals surface area contributed by atoms with Gasteiger partial charge in [0.25, 0.3) is 0 Å². The van der Waals surface area contributed by atoms with E-state index < -0.39 is 0 Å². The maximum absolute atomic E-state index is 6.33. The van der Waals surface area contributed by atoms with Crippen LogP contribution in [0.1, 0.15) is 36.2 Å². The van der Waals surface area contributed by atoms with Gasteiger partial charge in [-0.3, -0.25) is 4.99 Å². The van der Waals surface area contributed by atoms with E-state index in [1.165, 1.54) is 4.88 Å². The summed E-state index contributed by atoms with van der Waals surface area (Å²) in [5.41, 5.74) is 1.02. The van der Waals surface area contributed by atoms with Crippen molar-refractivity contribution in [2.45, 2.75) is 39.2 Å². The van der Waals surface area contributed by atoms with Gasteiger partial charge >= 0.3 is 0 Å². The highest BCUT2D eigenvalue weighted by Gasteiger charge is 2.23. The lowest BCUT2D eigenvalue weighted by Gasteiger charge is -2.27. The molecule has 0 saturated heterocycles. The van der Waals surface area contributed by atoms with Gasteiger partial charge in [0.1, 0.15) is 5.01 Å². The summed E-state index contributed by atoms with van der Waals surface area (Å²) in [7, 11) is 1.77. The Hall–Kier alpha value is -1.59. The monoisotopic (exact) mass is 364 g/mol. The zero-order valence-electron chi connectivity index (χ0n) is 14.7. The van der Waals surface area contributed by atoms with Crippen molar-refractivity contribution in [3.8, 4) is 0 Å². The number of hydrogen-bond donors (Lipinski definition) is 2. The molecule has 6 heteroatoms. The first-order valence-electron chi connectivity index (χ1n) is 8.09. The normalized spacial score (nSPS) is 12.3. The van der Waals surface area contributed by atoms with E-state index in [0.29, 0.717) is 6.54 Å². The minimum atomic E-state index is -0.105. The van der Waals surface area contributed by atoms with E-state index in [9.17, 15) is 0 Å². The number of aromatic nitrogens is 1. The van der Waals surface area contributed by atoms with Crippen molar-refractivity contribution in [2.75, 3.05) is 13.6 Å². The summed E-state index contributed by atoms with van der Waals surface area (Å²) in [6.07, 6.45) is 2.97. The molecule has 2 aromatic rings. The number of guanidine groups is 1. The first-order valence-corrected chi connectivity index (χ1v) is 9.29. The van der Waals surface area contributed by atoms with Gasteiger partial charge in [0.05, 0.1) is 6.54 Å². The number of benzene rings is 1. The highest BCUT2D eigenvalue weighted by atomic mass is 35.5. The first-order chi connectivity index (χ1) is 11.5. The molecule has 130 valence electrons. The summed E-state index contributed by atoms with van der Waals surface area (Å²) in [4.78, 5) is 10.0. The lowest BCUT2D eigenvalue weighted by atomic mass is 9.84. The van der Waals surface area contributed by atoms with Crippen LogP contribution in [0.25, 0.3) is 0 Å². The van der Waals surface area contributed by atoms with Crippen LogP contribution in [0.15, 0.2) is 35.5 Å². The molecule has 0 aliphatic carbocycles. The van der Waals surface area contributed by atoms with Crippen LogP contribution < -0.4 is 10.6 Å². The highest BCUT2D eigenvalue weighted by Crippen LogP contribution is 2.28. The molecule has 2 rings (SSSR count). The fraction of sp³-hybridized carbons (Fsp3) is 0.444. The number of aryl methyl sites for hydroxylation is 1. The number of halogens is 1. The predicted molar refractivity (Wildman–Crippen MR) is 104 cm³/mol. The Balaban J connectivity index is 1.92. The fourth-order valence-corrected chi connectivity index (χ4v) is 3.58. The van der Waals surface area contributed by atoms with Crippen molar-refractivity contribution in [1.29, 1.82) is 0 Å². The van der Waals surface area contributed by atoms with E-state index in [4.69, 9.17) is 11.6 Å². The van der Waals surface area contributed by atoms with Crippen molar-refractivity contribution in [2.24, 2.45) is 4.99 Å². The fourth-order valence-electron chi connectivity index (χ4n) is 2.38. The van der Waals surface area contributed by atoms with Gasteiger partial charge in [-0.15, -0.1) is 11.3 Å². The second kappa shape index (κ2) is 8.49. The van der Waals surface area contributed by atoms with Crippen molar-refractivity contribution >= 4 is 28.9 Å². The van der Waals surface area contributed by atoms with E-state index in [-0.39, 0.29) is 5.41 Å². The van der Waals surface area contributed by atoms with Crippen molar-refractivity contribution < 1.29 is 0 Å². The van der Waals surface area contributed by atoms with Crippen LogP contribution >= 0.6 is 22.9 Å². The maximum atomic E-state index is 6.33. The molecule has 2 N–H and O–H groups in total. The molecule has 0 saturated carbocycles. The Labute approximate surface area is 153 Å². The molecular formula is C18H25ClN4S. The van der Waals surface area contributed by atoms with E-state index in [2.05, 4.69) is 47.4 Å². The third-order valence-corrected chi connectivity index (χ3v) is 5.35. The van der Waals surface area contributed by atoms with E-state index >= 15 is 0 Å². The average Bonchev–Trinajstić information content (AvgIpc) is 3.03. The highest BCUT2D eigenvalue weighted by molar-refractivity contribution is 7.11. The molecule has 0 spiro atoms. The Morgan fingerprint density at radius 1 is 1.29 bits per heavy atom. The van der Waals surface area contributed by atoms with Gasteiger partial charge in [0.2, 0.25) is 0 Å². The third-order valence-electron chi connectivity index (χ3n) is 3.88. The van der Waals surface area contributed by atoms with Crippen molar-refractivity contribution in [1.82, 2.24) is 15.6 Å². The molecule has 4 nitrogen and oxygen atoms in total. The molecular weight excluding hydrogens is 340 g/mol. The minimum absolute atomic E-state index is 0.105. The molecule has 0 radical (unpaired) electrons. The van der Waals surface area contributed by atoms with Crippen LogP contribution in [0.5, 0.6) is 0 Å². The summed E-state index contributed by atoms with van der Waals surface area (Å²) in [5, 5.41) is 8.56. The number of rotatable bonds is 6. The number of hydrogen-bond acceptors (Lipinski definition) is 3. The average molecular weight is 365 g/mol. The van der Waals surface area contributed by atoms with E-state index in [1.54, 1.807) is 18.4 Å². The molecule has 1 heterocycles. The standard InChI is InChI=1S/C18H25ClN4S/c1-5-13-10-21-16(24-13)11-22-17(20-4)23-12-18(2,3)14-8-6-7-9-15(14)19/h6-10H,5,11-12H2,1-4H3,(H2,20,22,23). The SMILES string of the molecule is CCc1cnc(CNC(=NC)NCC(C)(C)c2ccccc2Cl)s1. The van der Waals surface area contributed by atoms with Crippen LogP contribution in [-0.2, 0) is 18.4 Å². The number of nitrogens with zero attached hydrogens (tertiary/aromatic N) is 2. The van der Waals surface area contributed by atoms with Crippen molar-refractivity contribution in [3.63, 3.8) is 0 Å². The smallest absolute Gasteiger partial charge is 0.191 e. The largest absolute Gasteiger partial charge is 0.356 e. The molecule has 0 fully saturated rings. The van der Waals surface area contributed by atoms with Crippen LogP contribution in [0.4, 0.5) is 0 Å². The molecule has 0 amide bonds. The molecule has 0 aliphatic heterocycles. The summed E-state index contributed by atoms with van der Waals surface area (Å²) < 4.78 is 0. The van der Waals surface area contributed by atoms with E-state index in [0.717, 1.165) is 34.5 Å². The first kappa shape index (κ1) is 18.7. The predicted octanol–water partition coefficient (Wildman–Crippen LogP) is 4.00. The number of thiazole rings is 1. The van der Waals surface area contributed by atoms with Gasteiger partial charge in [-0.05, 0) is 18.1 Å². The summed E-state index contributed by atoms with van der Waals surface area (Å²) in [5.74, 6) is 0.767. The Morgan fingerprint density at radius 3 is 2.67 bits per heavy atom. The quantitative estimate of drug-likeness (QED) is 0.601. The summed E-state index contributed by atoms with van der Waals surface area (Å²) in [6, 6.07) is 7.97. The topological polar surface area (TPSA) is 49.3 Å². The third kappa shape index (κ3) is 4.95. The van der Waals surface area contributed by atoms with Crippen LogP contribution in [0, 0.1) is 0 Å². The van der Waals surface area contributed by atoms with E-state index in [1.807, 2.05) is 24.4 Å². The molecule has 24 heavy (non-hydrogen) atoms. The van der Waals surface area contributed by atoms with Gasteiger partial charge in [0.15, 0.2) is 5.96 Å². The minimum Gasteiger partial charge on any atom is -0.356 e. The van der Waals surface area contributed by atoms with Gasteiger partial charge in [-0.2, -0.15) is 0 Å². The van der Waals surface area contributed by atoms with Gasteiger partial charge in [-0.1, -0.05) is 50.6 Å². The summed E-state index contributed by atoms with van der Waals surface area (Å²) in [6.45, 7) is 7.89. The number of nitrogens with one attached hydrogen (secondary N) is 2. The molecule has 0 atom stereocenters. The van der Waals surface area contributed by atoms with Crippen LogP contribution in [0.2, 0.25) is 5.02 Å². The van der Waals surface area contributed by atoms with Gasteiger partial charge < -0.3 is 10.6 Å². The van der Waals surface area contributed by atoms with Gasteiger partial charge in [-0.25, -0.2) is 4.98 Å². The number of aliphatic imine (C=N–C) groups is 1. The molecule has 1 aromatic heterocycles. The zero-order chi connectivity index (χ0) is 17.6. The zero-order valence-corrected chi connectivity index (χ0v) is 16.3. The molecule has 1 aromatic carbocycles. The Bertz CT molecular complexity index is 694. The second-order valence-electron chi connectivity index (χ2n) is 6.22. The Kier molecular flexibility index (Phi) is 6.63. The molecule has 0 bridgehead atoms. The second-order valence-corrected chi connectivity index (χ2v) is 7.82. The molecule has 0 aliphatic rings. The summed E-state index contributed by atoms with van der Waals surface area (Å²) >= 11 is 8.07. The van der Waals surface area contributed by atoms with Crippen molar-refractivity contribution in [3.05, 3.63) is 50.9 Å². The lowest BCUT2D eigenvalue weighted by Crippen LogP contribution is -2.43. The maximum Gasteiger partial charge on any atom is 0.191 e. The van der Waals surface area contributed by atoms with Crippen LogP contribution in [-0.4, -0.2) is 24.5 Å². The van der Waals surface area contributed by atoms with Gasteiger partial charge in [0, 0.05) is 35.1 Å². The molecule has 0 unspecified atom stereocenters.